The second-order valence-corrected chi connectivity index (χ2v) is 6.10. The fraction of sp³-hybridized carbons (Fsp3) is 0.600. The SMILES string of the molecule is CCCOC1CCCN(C(=O)c2cc(Br)cnc2NC)C1. The van der Waals surface area contributed by atoms with Crippen LogP contribution in [0.2, 0.25) is 0 Å². The zero-order valence-electron chi connectivity index (χ0n) is 12.6. The molecule has 1 aromatic rings. The molecule has 1 amide bonds. The first-order chi connectivity index (χ1) is 10.2. The van der Waals surface area contributed by atoms with Crippen molar-refractivity contribution in [2.24, 2.45) is 0 Å². The molecule has 1 fully saturated rings. The number of piperidine rings is 1. The maximum atomic E-state index is 12.7. The summed E-state index contributed by atoms with van der Waals surface area (Å²) in [5.41, 5.74) is 0.600. The van der Waals surface area contributed by atoms with Crippen LogP contribution < -0.4 is 5.32 Å². The molecular weight excluding hydrogens is 334 g/mol. The average molecular weight is 356 g/mol. The van der Waals surface area contributed by atoms with Crippen LogP contribution in [0.25, 0.3) is 0 Å². The highest BCUT2D eigenvalue weighted by molar-refractivity contribution is 9.10. The fourth-order valence-corrected chi connectivity index (χ4v) is 2.85. The van der Waals surface area contributed by atoms with Crippen molar-refractivity contribution in [1.29, 1.82) is 0 Å². The first-order valence-electron chi connectivity index (χ1n) is 7.39. The molecule has 1 aliphatic heterocycles. The van der Waals surface area contributed by atoms with E-state index in [4.69, 9.17) is 4.74 Å². The van der Waals surface area contributed by atoms with Crippen molar-refractivity contribution in [3.63, 3.8) is 0 Å². The van der Waals surface area contributed by atoms with Gasteiger partial charge in [0, 0.05) is 37.4 Å². The summed E-state index contributed by atoms with van der Waals surface area (Å²) < 4.78 is 6.60. The Hall–Kier alpha value is -1.14. The maximum Gasteiger partial charge on any atom is 0.257 e. The number of carbonyl (C=O) groups is 1. The minimum absolute atomic E-state index is 0.0120. The third kappa shape index (κ3) is 4.17. The third-order valence-corrected chi connectivity index (χ3v) is 3.98. The van der Waals surface area contributed by atoms with Gasteiger partial charge in [0.25, 0.3) is 5.91 Å². The van der Waals surface area contributed by atoms with E-state index in [0.29, 0.717) is 17.9 Å². The second-order valence-electron chi connectivity index (χ2n) is 5.19. The van der Waals surface area contributed by atoms with E-state index in [1.807, 2.05) is 11.0 Å². The number of halogens is 1. The van der Waals surface area contributed by atoms with Gasteiger partial charge in [-0.05, 0) is 41.3 Å². The summed E-state index contributed by atoms with van der Waals surface area (Å²) in [6.07, 6.45) is 4.85. The number of rotatable bonds is 5. The van der Waals surface area contributed by atoms with Crippen LogP contribution in [0.15, 0.2) is 16.7 Å². The molecular formula is C15H22BrN3O2. The third-order valence-electron chi connectivity index (χ3n) is 3.54. The highest BCUT2D eigenvalue weighted by Gasteiger charge is 2.26. The molecule has 0 radical (unpaired) electrons. The molecule has 0 saturated carbocycles. The van der Waals surface area contributed by atoms with E-state index < -0.39 is 0 Å². The topological polar surface area (TPSA) is 54.5 Å². The van der Waals surface area contributed by atoms with Gasteiger partial charge in [0.2, 0.25) is 0 Å². The van der Waals surface area contributed by atoms with Gasteiger partial charge in [-0.1, -0.05) is 6.92 Å². The highest BCUT2D eigenvalue weighted by Crippen LogP contribution is 2.22. The van der Waals surface area contributed by atoms with Crippen LogP contribution in [0.4, 0.5) is 5.82 Å². The molecule has 1 aromatic heterocycles. The van der Waals surface area contributed by atoms with E-state index in [0.717, 1.165) is 36.9 Å². The lowest BCUT2D eigenvalue weighted by atomic mass is 10.1. The molecule has 5 nitrogen and oxygen atoms in total. The molecule has 2 rings (SSSR count). The van der Waals surface area contributed by atoms with Crippen molar-refractivity contribution in [3.05, 3.63) is 22.3 Å². The average Bonchev–Trinajstić information content (AvgIpc) is 2.52. The smallest absolute Gasteiger partial charge is 0.257 e. The summed E-state index contributed by atoms with van der Waals surface area (Å²) in [6, 6.07) is 1.82. The molecule has 116 valence electrons. The zero-order valence-corrected chi connectivity index (χ0v) is 14.1. The summed E-state index contributed by atoms with van der Waals surface area (Å²) in [7, 11) is 1.77. The van der Waals surface area contributed by atoms with Crippen molar-refractivity contribution in [2.75, 3.05) is 32.1 Å². The van der Waals surface area contributed by atoms with Gasteiger partial charge in [-0.3, -0.25) is 4.79 Å². The minimum atomic E-state index is 0.0120. The second kappa shape index (κ2) is 7.75. The predicted molar refractivity (Wildman–Crippen MR) is 86.7 cm³/mol. The molecule has 0 bridgehead atoms. The van der Waals surface area contributed by atoms with Gasteiger partial charge < -0.3 is 15.0 Å². The van der Waals surface area contributed by atoms with E-state index in [1.54, 1.807) is 13.2 Å². The number of hydrogen-bond donors (Lipinski definition) is 1. The van der Waals surface area contributed by atoms with Crippen molar-refractivity contribution in [2.45, 2.75) is 32.3 Å². The van der Waals surface area contributed by atoms with Gasteiger partial charge >= 0.3 is 0 Å². The lowest BCUT2D eigenvalue weighted by Crippen LogP contribution is -2.43. The Labute approximate surface area is 134 Å². The van der Waals surface area contributed by atoms with Gasteiger partial charge in [0.1, 0.15) is 5.82 Å². The minimum Gasteiger partial charge on any atom is -0.376 e. The van der Waals surface area contributed by atoms with Crippen LogP contribution in [0, 0.1) is 0 Å². The molecule has 1 N–H and O–H groups in total. The lowest BCUT2D eigenvalue weighted by molar-refractivity contribution is 0.00213. The van der Waals surface area contributed by atoms with E-state index in [2.05, 4.69) is 33.2 Å². The largest absolute Gasteiger partial charge is 0.376 e. The molecule has 6 heteroatoms. The zero-order chi connectivity index (χ0) is 15.2. The Morgan fingerprint density at radius 1 is 1.62 bits per heavy atom. The summed E-state index contributed by atoms with van der Waals surface area (Å²) in [6.45, 7) is 4.29. The molecule has 0 spiro atoms. The number of anilines is 1. The molecule has 1 unspecified atom stereocenters. The Kier molecular flexibility index (Phi) is 5.99. The monoisotopic (exact) mass is 355 g/mol. The molecule has 1 aliphatic rings. The van der Waals surface area contributed by atoms with Gasteiger partial charge in [0.05, 0.1) is 11.7 Å². The number of nitrogens with one attached hydrogen (secondary N) is 1. The van der Waals surface area contributed by atoms with E-state index in [-0.39, 0.29) is 12.0 Å². The number of carbonyl (C=O) groups excluding carboxylic acids is 1. The van der Waals surface area contributed by atoms with E-state index in [1.165, 1.54) is 0 Å². The molecule has 21 heavy (non-hydrogen) atoms. The Balaban J connectivity index is 2.10. The number of amides is 1. The summed E-state index contributed by atoms with van der Waals surface area (Å²) in [5, 5.41) is 2.98. The first-order valence-corrected chi connectivity index (χ1v) is 8.19. The number of likely N-dealkylation sites (tertiary alicyclic amines) is 1. The molecule has 2 heterocycles. The number of ether oxygens (including phenoxy) is 1. The summed E-state index contributed by atoms with van der Waals surface area (Å²) >= 11 is 3.38. The quantitative estimate of drug-likeness (QED) is 0.882. The number of aromatic nitrogens is 1. The summed E-state index contributed by atoms with van der Waals surface area (Å²) in [4.78, 5) is 18.8. The molecule has 0 aliphatic carbocycles. The number of hydrogen-bond acceptors (Lipinski definition) is 4. The maximum absolute atomic E-state index is 12.7. The Bertz CT molecular complexity index is 496. The fourth-order valence-electron chi connectivity index (χ4n) is 2.52. The van der Waals surface area contributed by atoms with Gasteiger partial charge in [0.15, 0.2) is 0 Å². The van der Waals surface area contributed by atoms with Gasteiger partial charge in [-0.15, -0.1) is 0 Å². The van der Waals surface area contributed by atoms with Crippen LogP contribution in [-0.4, -0.2) is 48.6 Å². The lowest BCUT2D eigenvalue weighted by Gasteiger charge is -2.33. The van der Waals surface area contributed by atoms with Crippen LogP contribution in [0.5, 0.6) is 0 Å². The molecule has 1 atom stereocenters. The van der Waals surface area contributed by atoms with Gasteiger partial charge in [-0.25, -0.2) is 4.98 Å². The van der Waals surface area contributed by atoms with Crippen LogP contribution in [0.3, 0.4) is 0 Å². The number of nitrogens with zero attached hydrogens (tertiary/aromatic N) is 2. The molecule has 1 saturated heterocycles. The Morgan fingerprint density at radius 3 is 3.14 bits per heavy atom. The number of pyridine rings is 1. The van der Waals surface area contributed by atoms with Gasteiger partial charge in [-0.2, -0.15) is 0 Å². The normalized spacial score (nSPS) is 18.6. The molecule has 0 aromatic carbocycles. The van der Waals surface area contributed by atoms with Crippen molar-refractivity contribution >= 4 is 27.7 Å². The Morgan fingerprint density at radius 2 is 2.43 bits per heavy atom. The van der Waals surface area contributed by atoms with Crippen LogP contribution in [-0.2, 0) is 4.74 Å². The van der Waals surface area contributed by atoms with Crippen molar-refractivity contribution < 1.29 is 9.53 Å². The van der Waals surface area contributed by atoms with Crippen molar-refractivity contribution in [3.8, 4) is 0 Å². The van der Waals surface area contributed by atoms with Crippen molar-refractivity contribution in [1.82, 2.24) is 9.88 Å². The van der Waals surface area contributed by atoms with Crippen LogP contribution >= 0.6 is 15.9 Å². The van der Waals surface area contributed by atoms with E-state index in [9.17, 15) is 4.79 Å². The predicted octanol–water partition coefficient (Wildman–Crippen LogP) is 2.92. The van der Waals surface area contributed by atoms with Crippen LogP contribution in [0.1, 0.15) is 36.5 Å². The van der Waals surface area contributed by atoms with E-state index >= 15 is 0 Å². The first kappa shape index (κ1) is 16.2. The standard InChI is InChI=1S/C15H22BrN3O2/c1-3-7-21-12-5-4-6-19(10-12)15(20)13-8-11(16)9-18-14(13)17-2/h8-9,12H,3-7,10H2,1-2H3,(H,17,18). The summed E-state index contributed by atoms with van der Waals surface area (Å²) in [5.74, 6) is 0.623. The highest BCUT2D eigenvalue weighted by atomic mass is 79.9.